The molecule has 0 aliphatic rings. The van der Waals surface area contributed by atoms with Gasteiger partial charge >= 0.3 is 5.97 Å². The zero-order chi connectivity index (χ0) is 10.8. The second-order valence-corrected chi connectivity index (χ2v) is 4.19. The fourth-order valence-corrected chi connectivity index (χ4v) is 1.19. The van der Waals surface area contributed by atoms with Crippen LogP contribution in [0.1, 0.15) is 33.4 Å². The van der Waals surface area contributed by atoms with Gasteiger partial charge in [0.2, 0.25) is 0 Å². The summed E-state index contributed by atoms with van der Waals surface area (Å²) >= 11 is 0. The van der Waals surface area contributed by atoms with Crippen LogP contribution < -0.4 is 4.74 Å². The van der Waals surface area contributed by atoms with Crippen LogP contribution in [-0.2, 0) is 10.2 Å². The highest BCUT2D eigenvalue weighted by molar-refractivity contribution is 5.69. The Morgan fingerprint density at radius 2 is 2.07 bits per heavy atom. The first-order chi connectivity index (χ1) is 6.41. The first-order valence-electron chi connectivity index (χ1n) is 4.55. The number of aromatic nitrogens is 1. The molecule has 0 bridgehead atoms. The molecule has 1 heterocycles. The van der Waals surface area contributed by atoms with Crippen molar-refractivity contribution >= 4 is 5.97 Å². The van der Waals surface area contributed by atoms with E-state index in [-0.39, 0.29) is 11.4 Å². The SMILES string of the molecule is CC(=O)Oc1cccnc1C(C)(C)C. The Hall–Kier alpha value is -1.38. The van der Waals surface area contributed by atoms with Gasteiger partial charge in [-0.05, 0) is 12.1 Å². The van der Waals surface area contributed by atoms with Gasteiger partial charge in [-0.15, -0.1) is 0 Å². The first-order valence-corrected chi connectivity index (χ1v) is 4.55. The maximum absolute atomic E-state index is 10.8. The summed E-state index contributed by atoms with van der Waals surface area (Å²) in [7, 11) is 0. The fraction of sp³-hybridized carbons (Fsp3) is 0.455. The van der Waals surface area contributed by atoms with E-state index in [2.05, 4.69) is 4.98 Å². The van der Waals surface area contributed by atoms with Gasteiger partial charge in [0.05, 0.1) is 5.69 Å². The second-order valence-electron chi connectivity index (χ2n) is 4.19. The zero-order valence-corrected chi connectivity index (χ0v) is 9.00. The standard InChI is InChI=1S/C11H15NO2/c1-8(13)14-9-6-5-7-12-10(9)11(2,3)4/h5-7H,1-4H3. The molecule has 3 heteroatoms. The number of esters is 1. The molecular formula is C11H15NO2. The van der Waals surface area contributed by atoms with Crippen LogP contribution in [-0.4, -0.2) is 11.0 Å². The number of rotatable bonds is 1. The number of carbonyl (C=O) groups excluding carboxylic acids is 1. The van der Waals surface area contributed by atoms with Crippen molar-refractivity contribution in [2.75, 3.05) is 0 Å². The zero-order valence-electron chi connectivity index (χ0n) is 9.00. The Balaban J connectivity index is 3.10. The molecule has 14 heavy (non-hydrogen) atoms. The lowest BCUT2D eigenvalue weighted by atomic mass is 9.91. The van der Waals surface area contributed by atoms with Crippen LogP contribution in [0.5, 0.6) is 5.75 Å². The number of nitrogens with zero attached hydrogens (tertiary/aromatic N) is 1. The monoisotopic (exact) mass is 193 g/mol. The average Bonchev–Trinajstić information content (AvgIpc) is 2.01. The highest BCUT2D eigenvalue weighted by Crippen LogP contribution is 2.28. The topological polar surface area (TPSA) is 39.2 Å². The number of hydrogen-bond donors (Lipinski definition) is 0. The Bertz CT molecular complexity index is 339. The summed E-state index contributed by atoms with van der Waals surface area (Å²) in [6.45, 7) is 7.48. The average molecular weight is 193 g/mol. The molecule has 1 aromatic rings. The van der Waals surface area contributed by atoms with Crippen LogP contribution in [0.15, 0.2) is 18.3 Å². The van der Waals surface area contributed by atoms with Gasteiger partial charge in [-0.3, -0.25) is 9.78 Å². The minimum Gasteiger partial charge on any atom is -0.425 e. The molecule has 0 saturated heterocycles. The highest BCUT2D eigenvalue weighted by atomic mass is 16.5. The largest absolute Gasteiger partial charge is 0.425 e. The molecular weight excluding hydrogens is 178 g/mol. The molecule has 76 valence electrons. The molecule has 3 nitrogen and oxygen atoms in total. The van der Waals surface area contributed by atoms with Crippen molar-refractivity contribution in [2.45, 2.75) is 33.1 Å². The van der Waals surface area contributed by atoms with E-state index in [4.69, 9.17) is 4.74 Å². The van der Waals surface area contributed by atoms with Crippen LogP contribution in [0.2, 0.25) is 0 Å². The summed E-state index contributed by atoms with van der Waals surface area (Å²) in [5.74, 6) is 0.232. The Morgan fingerprint density at radius 3 is 2.57 bits per heavy atom. The Morgan fingerprint density at radius 1 is 1.43 bits per heavy atom. The van der Waals surface area contributed by atoms with E-state index in [1.807, 2.05) is 20.8 Å². The molecule has 0 amide bonds. The molecule has 0 unspecified atom stereocenters. The van der Waals surface area contributed by atoms with E-state index in [0.717, 1.165) is 5.69 Å². The van der Waals surface area contributed by atoms with Crippen LogP contribution >= 0.6 is 0 Å². The predicted octanol–water partition coefficient (Wildman–Crippen LogP) is 2.30. The lowest BCUT2D eigenvalue weighted by Crippen LogP contribution is -2.16. The molecule has 1 rings (SSSR count). The molecule has 0 aromatic carbocycles. The smallest absolute Gasteiger partial charge is 0.308 e. The third-order valence-electron chi connectivity index (χ3n) is 1.73. The van der Waals surface area contributed by atoms with Crippen molar-refractivity contribution in [1.82, 2.24) is 4.98 Å². The quantitative estimate of drug-likeness (QED) is 0.642. The van der Waals surface area contributed by atoms with Crippen molar-refractivity contribution in [1.29, 1.82) is 0 Å². The predicted molar refractivity (Wildman–Crippen MR) is 54.2 cm³/mol. The molecule has 0 aliphatic carbocycles. The van der Waals surface area contributed by atoms with Gasteiger partial charge in [0.15, 0.2) is 5.75 Å². The van der Waals surface area contributed by atoms with Crippen LogP contribution in [0.3, 0.4) is 0 Å². The van der Waals surface area contributed by atoms with E-state index in [0.29, 0.717) is 5.75 Å². The van der Waals surface area contributed by atoms with E-state index >= 15 is 0 Å². The van der Waals surface area contributed by atoms with Gasteiger partial charge in [-0.1, -0.05) is 20.8 Å². The third kappa shape index (κ3) is 2.55. The van der Waals surface area contributed by atoms with Gasteiger partial charge in [-0.2, -0.15) is 0 Å². The molecule has 0 N–H and O–H groups in total. The minimum atomic E-state index is -0.316. The van der Waals surface area contributed by atoms with E-state index in [1.165, 1.54) is 6.92 Å². The van der Waals surface area contributed by atoms with Gasteiger partial charge in [-0.25, -0.2) is 0 Å². The summed E-state index contributed by atoms with van der Waals surface area (Å²) in [6, 6.07) is 3.52. The summed E-state index contributed by atoms with van der Waals surface area (Å²) in [6.07, 6.45) is 1.70. The fourth-order valence-electron chi connectivity index (χ4n) is 1.19. The first kappa shape index (κ1) is 10.7. The lowest BCUT2D eigenvalue weighted by molar-refractivity contribution is -0.132. The maximum Gasteiger partial charge on any atom is 0.308 e. The summed E-state index contributed by atoms with van der Waals surface area (Å²) in [5, 5.41) is 0. The second kappa shape index (κ2) is 3.78. The number of hydrogen-bond acceptors (Lipinski definition) is 3. The van der Waals surface area contributed by atoms with Crippen LogP contribution in [0, 0.1) is 0 Å². The van der Waals surface area contributed by atoms with E-state index < -0.39 is 0 Å². The van der Waals surface area contributed by atoms with Gasteiger partial charge in [0.25, 0.3) is 0 Å². The molecule has 0 fully saturated rings. The Kier molecular flexibility index (Phi) is 2.89. The van der Waals surface area contributed by atoms with Crippen LogP contribution in [0.4, 0.5) is 0 Å². The van der Waals surface area contributed by atoms with Crippen molar-refractivity contribution < 1.29 is 9.53 Å². The molecule has 0 radical (unpaired) electrons. The van der Waals surface area contributed by atoms with E-state index in [1.54, 1.807) is 18.3 Å². The van der Waals surface area contributed by atoms with Gasteiger partial charge in [0, 0.05) is 18.5 Å². The minimum absolute atomic E-state index is 0.119. The molecule has 1 aromatic heterocycles. The van der Waals surface area contributed by atoms with E-state index in [9.17, 15) is 4.79 Å². The molecule has 0 aliphatic heterocycles. The van der Waals surface area contributed by atoms with Gasteiger partial charge in [0.1, 0.15) is 0 Å². The summed E-state index contributed by atoms with van der Waals surface area (Å²) in [4.78, 5) is 15.1. The van der Waals surface area contributed by atoms with Crippen LogP contribution in [0.25, 0.3) is 0 Å². The molecule has 0 saturated carbocycles. The maximum atomic E-state index is 10.8. The summed E-state index contributed by atoms with van der Waals surface area (Å²) in [5.41, 5.74) is 0.682. The van der Waals surface area contributed by atoms with Crippen molar-refractivity contribution in [3.63, 3.8) is 0 Å². The highest BCUT2D eigenvalue weighted by Gasteiger charge is 2.20. The molecule has 0 spiro atoms. The number of ether oxygens (including phenoxy) is 1. The Labute approximate surface area is 84.1 Å². The number of carbonyl (C=O) groups is 1. The summed E-state index contributed by atoms with van der Waals surface area (Å²) < 4.78 is 5.07. The molecule has 0 atom stereocenters. The number of pyridine rings is 1. The third-order valence-corrected chi connectivity index (χ3v) is 1.73. The van der Waals surface area contributed by atoms with Crippen molar-refractivity contribution in [3.05, 3.63) is 24.0 Å². The van der Waals surface area contributed by atoms with Crippen molar-refractivity contribution in [2.24, 2.45) is 0 Å². The van der Waals surface area contributed by atoms with Crippen molar-refractivity contribution in [3.8, 4) is 5.75 Å². The normalized spacial score (nSPS) is 11.1. The van der Waals surface area contributed by atoms with Gasteiger partial charge < -0.3 is 4.74 Å². The lowest BCUT2D eigenvalue weighted by Gasteiger charge is -2.19.